The second-order valence-corrected chi connectivity index (χ2v) is 8.86. The zero-order chi connectivity index (χ0) is 19.3. The fourth-order valence-electron chi connectivity index (χ4n) is 3.24. The number of carbonyl (C=O) groups excluding carboxylic acids is 2. The molecule has 0 atom stereocenters. The summed E-state index contributed by atoms with van der Waals surface area (Å²) >= 11 is 0. The van der Waals surface area contributed by atoms with E-state index in [1.807, 2.05) is 53.7 Å². The summed E-state index contributed by atoms with van der Waals surface area (Å²) in [5.74, 6) is -0.223. The van der Waals surface area contributed by atoms with Crippen LogP contribution >= 0.6 is 0 Å². The van der Waals surface area contributed by atoms with Crippen molar-refractivity contribution in [1.82, 2.24) is 0 Å². The summed E-state index contributed by atoms with van der Waals surface area (Å²) in [7, 11) is 0. The van der Waals surface area contributed by atoms with Crippen LogP contribution in [0.1, 0.15) is 73.4 Å². The summed E-state index contributed by atoms with van der Waals surface area (Å²) in [6.07, 6.45) is 0. The molecule has 0 saturated carbocycles. The van der Waals surface area contributed by atoms with Crippen LogP contribution in [0.25, 0.3) is 0 Å². The average molecular weight is 350 g/mol. The normalized spacial score (nSPS) is 13.9. The van der Waals surface area contributed by atoms with E-state index < -0.39 is 0 Å². The summed E-state index contributed by atoms with van der Waals surface area (Å²) in [5.41, 5.74) is 2.78. The number of benzene rings is 2. The smallest absolute Gasteiger partial charge is 0.196 e. The first-order valence-electron chi connectivity index (χ1n) is 8.90. The van der Waals surface area contributed by atoms with Crippen LogP contribution in [0, 0.1) is 0 Å². The number of nitrogens with one attached hydrogen (secondary N) is 2. The third kappa shape index (κ3) is 3.36. The molecule has 0 unspecified atom stereocenters. The molecular weight excluding hydrogens is 324 g/mol. The molecule has 0 aromatic heterocycles. The van der Waals surface area contributed by atoms with Gasteiger partial charge in [0.05, 0.1) is 11.1 Å². The zero-order valence-electron chi connectivity index (χ0n) is 16.3. The molecule has 2 N–H and O–H groups in total. The van der Waals surface area contributed by atoms with E-state index in [0.29, 0.717) is 33.6 Å². The van der Waals surface area contributed by atoms with Crippen molar-refractivity contribution in [3.8, 4) is 0 Å². The number of ketones is 2. The minimum atomic E-state index is -0.229. The molecule has 2 aromatic carbocycles. The van der Waals surface area contributed by atoms with Gasteiger partial charge in [-0.15, -0.1) is 0 Å². The van der Waals surface area contributed by atoms with Crippen molar-refractivity contribution in [3.63, 3.8) is 0 Å². The Balaban J connectivity index is 2.27. The quantitative estimate of drug-likeness (QED) is 0.691. The fourth-order valence-corrected chi connectivity index (χ4v) is 3.24. The molecule has 1 aliphatic carbocycles. The van der Waals surface area contributed by atoms with Gasteiger partial charge in [0, 0.05) is 33.6 Å². The third-order valence-corrected chi connectivity index (χ3v) is 4.10. The molecule has 0 spiro atoms. The van der Waals surface area contributed by atoms with Gasteiger partial charge < -0.3 is 10.6 Å². The standard InChI is InChI=1S/C22H26N2O2/c1-21(2,3)23-15-11-12-16(24-22(4,5)6)18-17(15)19(25)13-9-7-8-10-14(13)20(18)26/h7-12,23-24H,1-6H3. The third-order valence-electron chi connectivity index (χ3n) is 4.10. The second-order valence-electron chi connectivity index (χ2n) is 8.86. The SMILES string of the molecule is CC(C)(C)Nc1ccc(NC(C)(C)C)c2c1C(=O)c1ccccc1C2=O. The molecule has 0 heterocycles. The van der Waals surface area contributed by atoms with E-state index >= 15 is 0 Å². The highest BCUT2D eigenvalue weighted by molar-refractivity contribution is 6.31. The van der Waals surface area contributed by atoms with Crippen molar-refractivity contribution >= 4 is 22.9 Å². The number of fused-ring (bicyclic) bond motifs is 2. The summed E-state index contributed by atoms with van der Waals surface area (Å²) < 4.78 is 0. The molecule has 3 rings (SSSR count). The van der Waals surface area contributed by atoms with Gasteiger partial charge in [-0.2, -0.15) is 0 Å². The Labute approximate surface area is 155 Å². The van der Waals surface area contributed by atoms with Gasteiger partial charge >= 0.3 is 0 Å². The van der Waals surface area contributed by atoms with Gasteiger partial charge in [-0.25, -0.2) is 0 Å². The highest BCUT2D eigenvalue weighted by Gasteiger charge is 2.35. The lowest BCUT2D eigenvalue weighted by Crippen LogP contribution is -2.32. The van der Waals surface area contributed by atoms with Crippen LogP contribution < -0.4 is 10.6 Å². The Kier molecular flexibility index (Phi) is 4.18. The number of hydrogen-bond acceptors (Lipinski definition) is 4. The van der Waals surface area contributed by atoms with Crippen molar-refractivity contribution in [1.29, 1.82) is 0 Å². The molecule has 2 aromatic rings. The predicted molar refractivity (Wildman–Crippen MR) is 107 cm³/mol. The minimum absolute atomic E-state index is 0.112. The molecule has 0 radical (unpaired) electrons. The van der Waals surface area contributed by atoms with Gasteiger partial charge in [-0.1, -0.05) is 24.3 Å². The summed E-state index contributed by atoms with van der Waals surface area (Å²) in [5, 5.41) is 6.76. The maximum atomic E-state index is 13.3. The van der Waals surface area contributed by atoms with E-state index in [-0.39, 0.29) is 22.6 Å². The molecular formula is C22H26N2O2. The van der Waals surface area contributed by atoms with Crippen molar-refractivity contribution < 1.29 is 9.59 Å². The minimum Gasteiger partial charge on any atom is -0.380 e. The van der Waals surface area contributed by atoms with Gasteiger partial charge in [0.15, 0.2) is 11.6 Å². The lowest BCUT2D eigenvalue weighted by molar-refractivity contribution is 0.0980. The number of rotatable bonds is 2. The maximum Gasteiger partial charge on any atom is 0.196 e. The number of anilines is 2. The molecule has 1 aliphatic rings. The largest absolute Gasteiger partial charge is 0.380 e. The van der Waals surface area contributed by atoms with E-state index in [1.165, 1.54) is 0 Å². The first-order valence-corrected chi connectivity index (χ1v) is 8.90. The summed E-state index contributed by atoms with van der Waals surface area (Å²) in [6.45, 7) is 12.2. The van der Waals surface area contributed by atoms with Crippen LogP contribution in [-0.4, -0.2) is 22.6 Å². The van der Waals surface area contributed by atoms with Gasteiger partial charge in [0.2, 0.25) is 0 Å². The van der Waals surface area contributed by atoms with E-state index in [9.17, 15) is 9.59 Å². The Bertz CT molecular complexity index is 825. The molecule has 136 valence electrons. The van der Waals surface area contributed by atoms with Crippen molar-refractivity contribution in [2.75, 3.05) is 10.6 Å². The van der Waals surface area contributed by atoms with Gasteiger partial charge in [-0.05, 0) is 53.7 Å². The van der Waals surface area contributed by atoms with Crippen LogP contribution in [0.15, 0.2) is 36.4 Å². The molecule has 0 fully saturated rings. The maximum absolute atomic E-state index is 13.3. The second kappa shape index (κ2) is 5.97. The zero-order valence-corrected chi connectivity index (χ0v) is 16.3. The van der Waals surface area contributed by atoms with Crippen LogP contribution in [0.2, 0.25) is 0 Å². The Morgan fingerprint density at radius 2 is 0.962 bits per heavy atom. The molecule has 0 bridgehead atoms. The average Bonchev–Trinajstić information content (AvgIpc) is 2.51. The molecule has 0 amide bonds. The Morgan fingerprint density at radius 3 is 1.27 bits per heavy atom. The van der Waals surface area contributed by atoms with Crippen molar-refractivity contribution in [3.05, 3.63) is 58.7 Å². The van der Waals surface area contributed by atoms with E-state index in [0.717, 1.165) is 0 Å². The summed E-state index contributed by atoms with van der Waals surface area (Å²) in [4.78, 5) is 26.5. The van der Waals surface area contributed by atoms with Crippen LogP contribution in [-0.2, 0) is 0 Å². The summed E-state index contributed by atoms with van der Waals surface area (Å²) in [6, 6.07) is 10.8. The van der Waals surface area contributed by atoms with Crippen molar-refractivity contribution in [2.45, 2.75) is 52.6 Å². The number of carbonyl (C=O) groups is 2. The van der Waals surface area contributed by atoms with Crippen molar-refractivity contribution in [2.24, 2.45) is 0 Å². The monoisotopic (exact) mass is 350 g/mol. The van der Waals surface area contributed by atoms with Crippen LogP contribution in [0.3, 0.4) is 0 Å². The Hall–Kier alpha value is -2.62. The first-order chi connectivity index (χ1) is 12.0. The van der Waals surface area contributed by atoms with E-state index in [1.54, 1.807) is 24.3 Å². The topological polar surface area (TPSA) is 58.2 Å². The van der Waals surface area contributed by atoms with Gasteiger partial charge in [-0.3, -0.25) is 9.59 Å². The van der Waals surface area contributed by atoms with E-state index in [4.69, 9.17) is 0 Å². The van der Waals surface area contributed by atoms with Gasteiger partial charge in [0.1, 0.15) is 0 Å². The molecule has 4 nitrogen and oxygen atoms in total. The molecule has 0 aliphatic heterocycles. The van der Waals surface area contributed by atoms with Gasteiger partial charge in [0.25, 0.3) is 0 Å². The highest BCUT2D eigenvalue weighted by atomic mass is 16.1. The first kappa shape index (κ1) is 18.2. The highest BCUT2D eigenvalue weighted by Crippen LogP contribution is 2.38. The molecule has 0 saturated heterocycles. The number of hydrogen-bond donors (Lipinski definition) is 2. The lowest BCUT2D eigenvalue weighted by Gasteiger charge is -2.30. The fraction of sp³-hybridized carbons (Fsp3) is 0.364. The van der Waals surface area contributed by atoms with E-state index in [2.05, 4.69) is 10.6 Å². The molecule has 26 heavy (non-hydrogen) atoms. The van der Waals surface area contributed by atoms with Crippen LogP contribution in [0.5, 0.6) is 0 Å². The Morgan fingerprint density at radius 1 is 0.615 bits per heavy atom. The van der Waals surface area contributed by atoms with Crippen LogP contribution in [0.4, 0.5) is 11.4 Å². The lowest BCUT2D eigenvalue weighted by atomic mass is 9.81. The molecule has 4 heteroatoms. The predicted octanol–water partition coefficient (Wildman–Crippen LogP) is 4.88.